The molecule has 1 aliphatic rings. The summed E-state index contributed by atoms with van der Waals surface area (Å²) < 4.78 is 25.9. The predicted octanol–water partition coefficient (Wildman–Crippen LogP) is 0.730. The lowest BCUT2D eigenvalue weighted by Gasteiger charge is -2.26. The number of nitrogens with one attached hydrogen (secondary N) is 1. The summed E-state index contributed by atoms with van der Waals surface area (Å²) >= 11 is 0. The van der Waals surface area contributed by atoms with E-state index >= 15 is 0 Å². The number of sulfonamides is 1. The van der Waals surface area contributed by atoms with Gasteiger partial charge in [0.15, 0.2) is 0 Å². The maximum Gasteiger partial charge on any atom is 0.268 e. The SMILES string of the molecule is CN(C)CCCNC(=O)C1=Cc2ccccc2S(=O)(=O)N1C. The molecule has 0 fully saturated rings. The summed E-state index contributed by atoms with van der Waals surface area (Å²) in [4.78, 5) is 14.5. The molecule has 22 heavy (non-hydrogen) atoms. The van der Waals surface area contributed by atoms with Crippen LogP contribution >= 0.6 is 0 Å². The molecule has 1 aliphatic heterocycles. The zero-order valence-corrected chi connectivity index (χ0v) is 13.9. The van der Waals surface area contributed by atoms with Crippen molar-refractivity contribution < 1.29 is 13.2 Å². The molecule has 0 bridgehead atoms. The highest BCUT2D eigenvalue weighted by atomic mass is 32.2. The summed E-state index contributed by atoms with van der Waals surface area (Å²) in [6.07, 6.45) is 2.41. The fourth-order valence-corrected chi connectivity index (χ4v) is 3.61. The van der Waals surface area contributed by atoms with E-state index in [9.17, 15) is 13.2 Å². The quantitative estimate of drug-likeness (QED) is 0.811. The van der Waals surface area contributed by atoms with E-state index in [1.54, 1.807) is 30.3 Å². The number of carbonyl (C=O) groups excluding carboxylic acids is 1. The van der Waals surface area contributed by atoms with Gasteiger partial charge in [-0.05, 0) is 44.8 Å². The number of rotatable bonds is 5. The van der Waals surface area contributed by atoms with Crippen molar-refractivity contribution in [2.45, 2.75) is 11.3 Å². The van der Waals surface area contributed by atoms with Crippen molar-refractivity contribution in [3.05, 3.63) is 35.5 Å². The Kier molecular flexibility index (Phi) is 4.87. The third-order valence-electron chi connectivity index (χ3n) is 3.49. The van der Waals surface area contributed by atoms with Crippen LogP contribution in [0.25, 0.3) is 6.08 Å². The number of amides is 1. The molecule has 1 aromatic rings. The monoisotopic (exact) mass is 323 g/mol. The van der Waals surface area contributed by atoms with Gasteiger partial charge in [0.1, 0.15) is 5.70 Å². The molecule has 1 N–H and O–H groups in total. The van der Waals surface area contributed by atoms with Crippen LogP contribution in [0.3, 0.4) is 0 Å². The van der Waals surface area contributed by atoms with E-state index < -0.39 is 10.0 Å². The van der Waals surface area contributed by atoms with Crippen molar-refractivity contribution in [2.24, 2.45) is 0 Å². The molecule has 0 radical (unpaired) electrons. The molecule has 0 saturated heterocycles. The lowest BCUT2D eigenvalue weighted by atomic mass is 10.2. The summed E-state index contributed by atoms with van der Waals surface area (Å²) in [7, 11) is 1.66. The van der Waals surface area contributed by atoms with Crippen LogP contribution in [0, 0.1) is 0 Å². The Hall–Kier alpha value is -1.86. The van der Waals surface area contributed by atoms with Gasteiger partial charge in [0.05, 0.1) is 4.90 Å². The van der Waals surface area contributed by atoms with Gasteiger partial charge in [0, 0.05) is 13.6 Å². The number of fused-ring (bicyclic) bond motifs is 1. The third kappa shape index (κ3) is 3.31. The Morgan fingerprint density at radius 3 is 2.64 bits per heavy atom. The van der Waals surface area contributed by atoms with Crippen LogP contribution < -0.4 is 5.32 Å². The standard InChI is InChI=1S/C15H21N3O3S/c1-17(2)10-6-9-16-15(19)13-11-12-7-4-5-8-14(12)22(20,21)18(13)3/h4-5,7-8,11H,6,9-10H2,1-3H3,(H,16,19). The largest absolute Gasteiger partial charge is 0.351 e. The van der Waals surface area contributed by atoms with Crippen molar-refractivity contribution in [1.82, 2.24) is 14.5 Å². The van der Waals surface area contributed by atoms with Crippen LogP contribution in [0.15, 0.2) is 34.9 Å². The molecule has 0 aromatic heterocycles. The first kappa shape index (κ1) is 16.5. The maximum absolute atomic E-state index is 12.4. The Morgan fingerprint density at radius 2 is 1.95 bits per heavy atom. The highest BCUT2D eigenvalue weighted by Gasteiger charge is 2.32. The van der Waals surface area contributed by atoms with Crippen LogP contribution in [0.4, 0.5) is 0 Å². The van der Waals surface area contributed by atoms with Gasteiger partial charge in [-0.25, -0.2) is 8.42 Å². The van der Waals surface area contributed by atoms with Gasteiger partial charge in [-0.15, -0.1) is 0 Å². The average Bonchev–Trinajstić information content (AvgIpc) is 2.47. The smallest absolute Gasteiger partial charge is 0.268 e. The Labute approximate surface area is 131 Å². The van der Waals surface area contributed by atoms with Crippen LogP contribution in [0.5, 0.6) is 0 Å². The topological polar surface area (TPSA) is 69.7 Å². The minimum absolute atomic E-state index is 0.142. The van der Waals surface area contributed by atoms with E-state index in [2.05, 4.69) is 5.32 Å². The van der Waals surface area contributed by atoms with Crippen molar-refractivity contribution in [3.8, 4) is 0 Å². The van der Waals surface area contributed by atoms with Crippen molar-refractivity contribution in [1.29, 1.82) is 0 Å². The Morgan fingerprint density at radius 1 is 1.27 bits per heavy atom. The summed E-state index contributed by atoms with van der Waals surface area (Å²) in [5.41, 5.74) is 0.683. The summed E-state index contributed by atoms with van der Waals surface area (Å²) in [6, 6.07) is 6.66. The van der Waals surface area contributed by atoms with Crippen LogP contribution in [-0.4, -0.2) is 57.8 Å². The number of hydrogen-bond donors (Lipinski definition) is 1. The molecule has 1 heterocycles. The molecule has 1 aromatic carbocycles. The molecule has 0 spiro atoms. The van der Waals surface area contributed by atoms with Crippen molar-refractivity contribution in [2.75, 3.05) is 34.2 Å². The molecule has 0 atom stereocenters. The Balaban J connectivity index is 2.17. The van der Waals surface area contributed by atoms with Crippen LogP contribution in [-0.2, 0) is 14.8 Å². The molecule has 0 aliphatic carbocycles. The van der Waals surface area contributed by atoms with E-state index in [-0.39, 0.29) is 16.5 Å². The van der Waals surface area contributed by atoms with Gasteiger partial charge in [0.2, 0.25) is 0 Å². The second-order valence-electron chi connectivity index (χ2n) is 5.45. The van der Waals surface area contributed by atoms with Gasteiger partial charge in [0.25, 0.3) is 15.9 Å². The summed E-state index contributed by atoms with van der Waals surface area (Å²) in [5, 5.41) is 2.77. The molecule has 7 heteroatoms. The van der Waals surface area contributed by atoms with E-state index in [1.807, 2.05) is 19.0 Å². The molecule has 6 nitrogen and oxygen atoms in total. The predicted molar refractivity (Wildman–Crippen MR) is 85.5 cm³/mol. The molecule has 1 amide bonds. The van der Waals surface area contributed by atoms with Gasteiger partial charge in [-0.1, -0.05) is 18.2 Å². The average molecular weight is 323 g/mol. The fraction of sp³-hybridized carbons (Fsp3) is 0.400. The Bertz CT molecular complexity index is 696. The molecule has 0 saturated carbocycles. The molecular formula is C15H21N3O3S. The summed E-state index contributed by atoms with van der Waals surface area (Å²) in [5.74, 6) is -0.376. The molecule has 0 unspecified atom stereocenters. The first-order chi connectivity index (χ1) is 10.3. The van der Waals surface area contributed by atoms with E-state index in [0.29, 0.717) is 12.1 Å². The lowest BCUT2D eigenvalue weighted by Crippen LogP contribution is -2.39. The maximum atomic E-state index is 12.4. The van der Waals surface area contributed by atoms with E-state index in [4.69, 9.17) is 0 Å². The van der Waals surface area contributed by atoms with Crippen molar-refractivity contribution in [3.63, 3.8) is 0 Å². The number of likely N-dealkylation sites (N-methyl/N-ethyl adjacent to an activating group) is 1. The highest BCUT2D eigenvalue weighted by molar-refractivity contribution is 7.89. The van der Waals surface area contributed by atoms with Crippen LogP contribution in [0.1, 0.15) is 12.0 Å². The van der Waals surface area contributed by atoms with Gasteiger partial charge < -0.3 is 10.2 Å². The number of carbonyl (C=O) groups is 1. The minimum Gasteiger partial charge on any atom is -0.351 e. The summed E-state index contributed by atoms with van der Waals surface area (Å²) in [6.45, 7) is 1.36. The normalized spacial score (nSPS) is 16.2. The molecule has 120 valence electrons. The highest BCUT2D eigenvalue weighted by Crippen LogP contribution is 2.29. The first-order valence-electron chi connectivity index (χ1n) is 7.06. The number of nitrogens with zero attached hydrogens (tertiary/aromatic N) is 2. The second-order valence-corrected chi connectivity index (χ2v) is 7.39. The third-order valence-corrected chi connectivity index (χ3v) is 5.33. The van der Waals surface area contributed by atoms with Gasteiger partial charge in [-0.3, -0.25) is 9.10 Å². The van der Waals surface area contributed by atoms with Gasteiger partial charge >= 0.3 is 0 Å². The first-order valence-corrected chi connectivity index (χ1v) is 8.50. The van der Waals surface area contributed by atoms with Gasteiger partial charge in [-0.2, -0.15) is 0 Å². The number of hydrogen-bond acceptors (Lipinski definition) is 4. The van der Waals surface area contributed by atoms with Crippen LogP contribution in [0.2, 0.25) is 0 Å². The zero-order valence-electron chi connectivity index (χ0n) is 13.0. The zero-order chi connectivity index (χ0) is 16.3. The lowest BCUT2D eigenvalue weighted by molar-refractivity contribution is -0.118. The van der Waals surface area contributed by atoms with Crippen molar-refractivity contribution >= 4 is 22.0 Å². The molecular weight excluding hydrogens is 302 g/mol. The van der Waals surface area contributed by atoms with E-state index in [1.165, 1.54) is 7.05 Å². The minimum atomic E-state index is -3.66. The molecule has 2 rings (SSSR count). The fourth-order valence-electron chi connectivity index (χ4n) is 2.25. The second kappa shape index (κ2) is 6.50. The van der Waals surface area contributed by atoms with E-state index in [0.717, 1.165) is 17.3 Å². The number of benzene rings is 1.